The number of aryl methyl sites for hydroxylation is 1. The summed E-state index contributed by atoms with van der Waals surface area (Å²) in [4.78, 5) is 16.2. The van der Waals surface area contributed by atoms with Gasteiger partial charge in [0, 0.05) is 30.5 Å². The Balaban J connectivity index is 1.60. The zero-order valence-electron chi connectivity index (χ0n) is 16.5. The van der Waals surface area contributed by atoms with Crippen molar-refractivity contribution in [2.24, 2.45) is 0 Å². The molecule has 0 spiro atoms. The van der Waals surface area contributed by atoms with Crippen LogP contribution >= 0.6 is 0 Å². The highest BCUT2D eigenvalue weighted by Crippen LogP contribution is 2.33. The quantitative estimate of drug-likeness (QED) is 0.558. The highest BCUT2D eigenvalue weighted by atomic mass is 16.5. The number of rotatable bonds is 9. The van der Waals surface area contributed by atoms with Crippen LogP contribution in [0.3, 0.4) is 0 Å². The third kappa shape index (κ3) is 4.70. The van der Waals surface area contributed by atoms with E-state index in [-0.39, 0.29) is 5.76 Å². The Hall–Kier alpha value is -2.86. The Morgan fingerprint density at radius 3 is 2.89 bits per heavy atom. The van der Waals surface area contributed by atoms with E-state index in [1.165, 1.54) is 0 Å². The zero-order chi connectivity index (χ0) is 19.9. The van der Waals surface area contributed by atoms with Crippen LogP contribution in [0.5, 0.6) is 5.75 Å². The van der Waals surface area contributed by atoms with Crippen molar-refractivity contribution >= 4 is 16.9 Å². The summed E-state index contributed by atoms with van der Waals surface area (Å²) >= 11 is 0. The Kier molecular flexibility index (Phi) is 6.66. The van der Waals surface area contributed by atoms with Gasteiger partial charge in [0.2, 0.25) is 5.76 Å². The maximum atomic E-state index is 12.1. The summed E-state index contributed by atoms with van der Waals surface area (Å²) < 4.78 is 16.8. The van der Waals surface area contributed by atoms with Gasteiger partial charge in [0.25, 0.3) is 0 Å². The minimum absolute atomic E-state index is 0.236. The first-order valence-electron chi connectivity index (χ1n) is 9.54. The fourth-order valence-corrected chi connectivity index (χ4v) is 3.02. The summed E-state index contributed by atoms with van der Waals surface area (Å²) in [6.07, 6.45) is 4.48. The van der Waals surface area contributed by atoms with Gasteiger partial charge in [-0.05, 0) is 51.0 Å². The van der Waals surface area contributed by atoms with Crippen LogP contribution in [-0.2, 0) is 11.3 Å². The summed E-state index contributed by atoms with van der Waals surface area (Å²) in [6, 6.07) is 9.86. The van der Waals surface area contributed by atoms with E-state index in [4.69, 9.17) is 13.9 Å². The molecule has 2 aromatic heterocycles. The summed E-state index contributed by atoms with van der Waals surface area (Å²) in [5.41, 5.74) is 2.52. The third-order valence-corrected chi connectivity index (χ3v) is 4.56. The van der Waals surface area contributed by atoms with Crippen LogP contribution in [0.2, 0.25) is 0 Å². The number of ether oxygens (including phenoxy) is 2. The third-order valence-electron chi connectivity index (χ3n) is 4.56. The second-order valence-electron chi connectivity index (χ2n) is 6.69. The average molecular weight is 382 g/mol. The molecule has 0 saturated heterocycles. The summed E-state index contributed by atoms with van der Waals surface area (Å²) in [5.74, 6) is 0.503. The number of nitrogens with one attached hydrogen (secondary N) is 1. The van der Waals surface area contributed by atoms with Crippen molar-refractivity contribution in [1.82, 2.24) is 10.3 Å². The van der Waals surface area contributed by atoms with Crippen LogP contribution in [0.4, 0.5) is 0 Å². The van der Waals surface area contributed by atoms with Crippen molar-refractivity contribution in [2.45, 2.75) is 39.8 Å². The lowest BCUT2D eigenvalue weighted by Gasteiger charge is -2.14. The van der Waals surface area contributed by atoms with Gasteiger partial charge < -0.3 is 19.2 Å². The largest absolute Gasteiger partial charge is 0.493 e. The second-order valence-corrected chi connectivity index (χ2v) is 6.69. The number of fused-ring (bicyclic) bond motifs is 1. The molecule has 0 bridgehead atoms. The van der Waals surface area contributed by atoms with Crippen molar-refractivity contribution in [3.8, 4) is 5.75 Å². The molecular weight excluding hydrogens is 356 g/mol. The minimum atomic E-state index is -0.449. The molecule has 0 fully saturated rings. The molecule has 0 aliphatic heterocycles. The van der Waals surface area contributed by atoms with Crippen LogP contribution < -0.4 is 10.1 Å². The number of hydrogen-bond acceptors (Lipinski definition) is 6. The fourth-order valence-electron chi connectivity index (χ4n) is 3.02. The van der Waals surface area contributed by atoms with Crippen molar-refractivity contribution in [1.29, 1.82) is 0 Å². The van der Waals surface area contributed by atoms with Gasteiger partial charge in [-0.1, -0.05) is 12.1 Å². The van der Waals surface area contributed by atoms with Crippen molar-refractivity contribution in [2.75, 3.05) is 13.2 Å². The molecule has 0 radical (unpaired) electrons. The van der Waals surface area contributed by atoms with Gasteiger partial charge in [0.05, 0.1) is 18.6 Å². The molecule has 6 nitrogen and oxygen atoms in total. The molecule has 148 valence electrons. The predicted molar refractivity (Wildman–Crippen MR) is 108 cm³/mol. The van der Waals surface area contributed by atoms with E-state index in [9.17, 15) is 4.79 Å². The normalized spacial score (nSPS) is 12.1. The Labute approximate surface area is 164 Å². The van der Waals surface area contributed by atoms with E-state index in [1.54, 1.807) is 13.1 Å². The van der Waals surface area contributed by atoms with Gasteiger partial charge in [-0.15, -0.1) is 0 Å². The SMILES string of the molecule is CCOC(=O)c1oc2cccc(OCCC(C)NCc3cccnc3)c2c1C. The lowest BCUT2D eigenvalue weighted by molar-refractivity contribution is 0.0491. The second kappa shape index (κ2) is 9.37. The van der Waals surface area contributed by atoms with E-state index >= 15 is 0 Å². The number of carbonyl (C=O) groups excluding carboxylic acids is 1. The summed E-state index contributed by atoms with van der Waals surface area (Å²) in [6.45, 7) is 7.38. The van der Waals surface area contributed by atoms with E-state index in [1.807, 2.05) is 43.5 Å². The first-order valence-corrected chi connectivity index (χ1v) is 9.54. The number of carbonyl (C=O) groups is 1. The molecule has 1 unspecified atom stereocenters. The number of esters is 1. The zero-order valence-corrected chi connectivity index (χ0v) is 16.5. The lowest BCUT2D eigenvalue weighted by Crippen LogP contribution is -2.27. The molecule has 28 heavy (non-hydrogen) atoms. The molecule has 1 aromatic carbocycles. The summed E-state index contributed by atoms with van der Waals surface area (Å²) in [7, 11) is 0. The van der Waals surface area contributed by atoms with Crippen LogP contribution in [0.1, 0.15) is 41.9 Å². The first kappa shape index (κ1) is 19.9. The molecule has 0 aliphatic rings. The monoisotopic (exact) mass is 382 g/mol. The number of pyridine rings is 1. The molecule has 2 heterocycles. The van der Waals surface area contributed by atoms with Gasteiger partial charge in [-0.25, -0.2) is 4.79 Å². The van der Waals surface area contributed by atoms with Crippen LogP contribution in [0, 0.1) is 6.92 Å². The van der Waals surface area contributed by atoms with E-state index < -0.39 is 5.97 Å². The Morgan fingerprint density at radius 1 is 1.29 bits per heavy atom. The predicted octanol–water partition coefficient (Wildman–Crippen LogP) is 4.26. The number of benzene rings is 1. The van der Waals surface area contributed by atoms with Crippen molar-refractivity contribution in [3.63, 3.8) is 0 Å². The summed E-state index contributed by atoms with van der Waals surface area (Å²) in [5, 5.41) is 4.29. The number of nitrogens with zero attached hydrogens (tertiary/aromatic N) is 1. The maximum Gasteiger partial charge on any atom is 0.374 e. The number of aromatic nitrogens is 1. The van der Waals surface area contributed by atoms with Crippen molar-refractivity contribution in [3.05, 3.63) is 59.6 Å². The molecule has 3 rings (SSSR count). The van der Waals surface area contributed by atoms with Crippen LogP contribution in [0.25, 0.3) is 11.0 Å². The first-order chi connectivity index (χ1) is 13.6. The van der Waals surface area contributed by atoms with Gasteiger partial charge in [0.1, 0.15) is 11.3 Å². The van der Waals surface area contributed by atoms with E-state index in [0.717, 1.165) is 29.5 Å². The smallest absolute Gasteiger partial charge is 0.374 e. The van der Waals surface area contributed by atoms with Crippen LogP contribution in [-0.4, -0.2) is 30.2 Å². The lowest BCUT2D eigenvalue weighted by atomic mass is 10.1. The Morgan fingerprint density at radius 2 is 2.14 bits per heavy atom. The number of furan rings is 1. The molecule has 0 saturated carbocycles. The molecule has 0 amide bonds. The fraction of sp³-hybridized carbons (Fsp3) is 0.364. The molecular formula is C22H26N2O4. The highest BCUT2D eigenvalue weighted by molar-refractivity contribution is 5.98. The van der Waals surface area contributed by atoms with E-state index in [2.05, 4.69) is 17.2 Å². The highest BCUT2D eigenvalue weighted by Gasteiger charge is 2.21. The van der Waals surface area contributed by atoms with Gasteiger partial charge >= 0.3 is 5.97 Å². The van der Waals surface area contributed by atoms with Gasteiger partial charge in [-0.3, -0.25) is 4.98 Å². The van der Waals surface area contributed by atoms with Crippen LogP contribution in [0.15, 0.2) is 47.1 Å². The number of hydrogen-bond donors (Lipinski definition) is 1. The topological polar surface area (TPSA) is 73.6 Å². The van der Waals surface area contributed by atoms with E-state index in [0.29, 0.717) is 30.6 Å². The maximum absolute atomic E-state index is 12.1. The molecule has 3 aromatic rings. The average Bonchev–Trinajstić information content (AvgIpc) is 3.05. The van der Waals surface area contributed by atoms with Crippen molar-refractivity contribution < 1.29 is 18.7 Å². The Bertz CT molecular complexity index is 921. The molecule has 1 atom stereocenters. The molecule has 0 aliphatic carbocycles. The molecule has 6 heteroatoms. The van der Waals surface area contributed by atoms with Gasteiger partial charge in [-0.2, -0.15) is 0 Å². The molecule has 1 N–H and O–H groups in total. The standard InChI is InChI=1S/C22H26N2O4/c1-4-26-22(25)21-16(3)20-18(8-5-9-19(20)28-21)27-12-10-15(2)24-14-17-7-6-11-23-13-17/h5-9,11,13,15,24H,4,10,12,14H2,1-3H3. The van der Waals surface area contributed by atoms with Gasteiger partial charge in [0.15, 0.2) is 0 Å². The minimum Gasteiger partial charge on any atom is -0.493 e.